The highest BCUT2D eigenvalue weighted by molar-refractivity contribution is 7.90. The Hall–Kier alpha value is -0.870. The molecule has 1 unspecified atom stereocenters. The van der Waals surface area contributed by atoms with Crippen molar-refractivity contribution in [3.63, 3.8) is 0 Å². The summed E-state index contributed by atoms with van der Waals surface area (Å²) in [6, 6.07) is 8.05. The number of nitrogens with one attached hydrogen (secondary N) is 1. The first-order chi connectivity index (χ1) is 8.00. The lowest BCUT2D eigenvalue weighted by molar-refractivity contribution is 0.503. The third-order valence-electron chi connectivity index (χ3n) is 3.30. The highest BCUT2D eigenvalue weighted by Crippen LogP contribution is 2.30. The highest BCUT2D eigenvalue weighted by Gasteiger charge is 2.25. The Kier molecular flexibility index (Phi) is 3.54. The number of aryl methyl sites for hydroxylation is 1. The van der Waals surface area contributed by atoms with Gasteiger partial charge in [-0.15, -0.1) is 0 Å². The van der Waals surface area contributed by atoms with E-state index in [1.54, 1.807) is 13.8 Å². The lowest BCUT2D eigenvalue weighted by atomic mass is 9.88. The Morgan fingerprint density at radius 2 is 2.00 bits per heavy atom. The molecular weight excluding hydrogens is 234 g/mol. The van der Waals surface area contributed by atoms with Crippen LogP contribution in [0.5, 0.6) is 0 Å². The van der Waals surface area contributed by atoms with Crippen molar-refractivity contribution in [2.24, 2.45) is 0 Å². The van der Waals surface area contributed by atoms with E-state index in [1.165, 1.54) is 5.56 Å². The number of hydrogen-bond acceptors (Lipinski definition) is 2. The minimum absolute atomic E-state index is 0.0488. The predicted molar refractivity (Wildman–Crippen MR) is 69.3 cm³/mol. The molecule has 0 amide bonds. The summed E-state index contributed by atoms with van der Waals surface area (Å²) in [6.07, 6.45) is 2.99. The summed E-state index contributed by atoms with van der Waals surface area (Å²) < 4.78 is 26.6. The average Bonchev–Trinajstić information content (AvgIpc) is 2.29. The molecule has 4 heteroatoms. The van der Waals surface area contributed by atoms with Crippen LogP contribution in [0.1, 0.15) is 43.9 Å². The SMILES string of the molecule is CC(C)S(=O)(=O)NC1CCCc2ccccc21. The normalized spacial score (nSPS) is 20.3. The van der Waals surface area contributed by atoms with Gasteiger partial charge in [0.25, 0.3) is 0 Å². The van der Waals surface area contributed by atoms with E-state index in [0.717, 1.165) is 24.8 Å². The van der Waals surface area contributed by atoms with Crippen LogP contribution in [-0.2, 0) is 16.4 Å². The van der Waals surface area contributed by atoms with Crippen molar-refractivity contribution in [3.8, 4) is 0 Å². The van der Waals surface area contributed by atoms with Crippen molar-refractivity contribution in [3.05, 3.63) is 35.4 Å². The molecule has 0 saturated carbocycles. The van der Waals surface area contributed by atoms with E-state index in [4.69, 9.17) is 0 Å². The van der Waals surface area contributed by atoms with Crippen molar-refractivity contribution in [2.75, 3.05) is 0 Å². The van der Waals surface area contributed by atoms with E-state index in [2.05, 4.69) is 10.8 Å². The van der Waals surface area contributed by atoms with Crippen molar-refractivity contribution >= 4 is 10.0 Å². The molecule has 1 atom stereocenters. The number of benzene rings is 1. The van der Waals surface area contributed by atoms with Gasteiger partial charge in [-0.25, -0.2) is 13.1 Å². The van der Waals surface area contributed by atoms with Gasteiger partial charge >= 0.3 is 0 Å². The van der Waals surface area contributed by atoms with Crippen LogP contribution in [0, 0.1) is 0 Å². The lowest BCUT2D eigenvalue weighted by Crippen LogP contribution is -2.35. The van der Waals surface area contributed by atoms with E-state index < -0.39 is 10.0 Å². The third-order valence-corrected chi connectivity index (χ3v) is 5.15. The summed E-state index contributed by atoms with van der Waals surface area (Å²) in [5.41, 5.74) is 2.41. The van der Waals surface area contributed by atoms with Crippen LogP contribution < -0.4 is 4.72 Å². The molecule has 1 aliphatic rings. The van der Waals surface area contributed by atoms with Gasteiger partial charge in [0.1, 0.15) is 0 Å². The van der Waals surface area contributed by atoms with Gasteiger partial charge < -0.3 is 0 Å². The summed E-state index contributed by atoms with van der Waals surface area (Å²) >= 11 is 0. The molecule has 0 bridgehead atoms. The first-order valence-corrected chi connectivity index (χ1v) is 7.64. The molecule has 0 fully saturated rings. The Balaban J connectivity index is 2.25. The molecular formula is C13H19NO2S. The fraction of sp³-hybridized carbons (Fsp3) is 0.538. The minimum atomic E-state index is -3.19. The molecule has 0 aromatic heterocycles. The Labute approximate surface area is 103 Å². The predicted octanol–water partition coefficient (Wildman–Crippen LogP) is 2.39. The van der Waals surface area contributed by atoms with Crippen LogP contribution in [0.25, 0.3) is 0 Å². The molecule has 0 heterocycles. The Bertz CT molecular complexity index is 494. The largest absolute Gasteiger partial charge is 0.214 e. The number of rotatable bonds is 3. The lowest BCUT2D eigenvalue weighted by Gasteiger charge is -2.26. The summed E-state index contributed by atoms with van der Waals surface area (Å²) in [4.78, 5) is 0. The number of fused-ring (bicyclic) bond motifs is 1. The molecule has 0 spiro atoms. The van der Waals surface area contributed by atoms with E-state index in [0.29, 0.717) is 0 Å². The fourth-order valence-electron chi connectivity index (χ4n) is 2.21. The van der Waals surface area contributed by atoms with Crippen LogP contribution in [0.3, 0.4) is 0 Å². The highest BCUT2D eigenvalue weighted by atomic mass is 32.2. The van der Waals surface area contributed by atoms with Crippen LogP contribution >= 0.6 is 0 Å². The quantitative estimate of drug-likeness (QED) is 0.899. The number of sulfonamides is 1. The van der Waals surface area contributed by atoms with Gasteiger partial charge in [0.2, 0.25) is 10.0 Å². The monoisotopic (exact) mass is 253 g/mol. The zero-order valence-corrected chi connectivity index (χ0v) is 11.1. The Morgan fingerprint density at radius 3 is 2.71 bits per heavy atom. The second-order valence-electron chi connectivity index (χ2n) is 4.86. The smallest absolute Gasteiger partial charge is 0.212 e. The first-order valence-electron chi connectivity index (χ1n) is 6.09. The average molecular weight is 253 g/mol. The molecule has 0 aliphatic heterocycles. The van der Waals surface area contributed by atoms with Crippen molar-refractivity contribution in [1.82, 2.24) is 4.72 Å². The molecule has 0 radical (unpaired) electrons. The van der Waals surface area contributed by atoms with E-state index in [1.807, 2.05) is 18.2 Å². The van der Waals surface area contributed by atoms with Gasteiger partial charge in [-0.3, -0.25) is 0 Å². The topological polar surface area (TPSA) is 46.2 Å². The maximum Gasteiger partial charge on any atom is 0.214 e. The standard InChI is InChI=1S/C13H19NO2S/c1-10(2)17(15,16)14-13-9-5-7-11-6-3-4-8-12(11)13/h3-4,6,8,10,13-14H,5,7,9H2,1-2H3. The van der Waals surface area contributed by atoms with Crippen molar-refractivity contribution < 1.29 is 8.42 Å². The van der Waals surface area contributed by atoms with Gasteiger partial charge in [0.15, 0.2) is 0 Å². The second kappa shape index (κ2) is 4.78. The molecule has 94 valence electrons. The summed E-state index contributed by atoms with van der Waals surface area (Å²) in [5.74, 6) is 0. The van der Waals surface area contributed by atoms with E-state index in [9.17, 15) is 8.42 Å². The zero-order valence-electron chi connectivity index (χ0n) is 10.3. The second-order valence-corrected chi connectivity index (χ2v) is 7.12. The zero-order chi connectivity index (χ0) is 12.5. The molecule has 1 aromatic rings. The summed E-state index contributed by atoms with van der Waals surface area (Å²) in [6.45, 7) is 3.41. The van der Waals surface area contributed by atoms with Crippen molar-refractivity contribution in [1.29, 1.82) is 0 Å². The summed E-state index contributed by atoms with van der Waals surface area (Å²) in [5, 5.41) is -0.378. The maximum absolute atomic E-state index is 11.9. The van der Waals surface area contributed by atoms with Gasteiger partial charge in [0, 0.05) is 6.04 Å². The minimum Gasteiger partial charge on any atom is -0.212 e. The Morgan fingerprint density at radius 1 is 1.29 bits per heavy atom. The van der Waals surface area contributed by atoms with Gasteiger partial charge in [0.05, 0.1) is 5.25 Å². The van der Waals surface area contributed by atoms with Gasteiger partial charge in [-0.05, 0) is 44.2 Å². The van der Waals surface area contributed by atoms with Gasteiger partial charge in [-0.1, -0.05) is 24.3 Å². The van der Waals surface area contributed by atoms with Crippen molar-refractivity contribution in [2.45, 2.75) is 44.4 Å². The molecule has 1 aromatic carbocycles. The maximum atomic E-state index is 11.9. The van der Waals surface area contributed by atoms with Crippen LogP contribution in [0.2, 0.25) is 0 Å². The van der Waals surface area contributed by atoms with Gasteiger partial charge in [-0.2, -0.15) is 0 Å². The molecule has 2 rings (SSSR count). The van der Waals surface area contributed by atoms with E-state index in [-0.39, 0.29) is 11.3 Å². The van der Waals surface area contributed by atoms with Crippen LogP contribution in [-0.4, -0.2) is 13.7 Å². The molecule has 1 aliphatic carbocycles. The van der Waals surface area contributed by atoms with Crippen LogP contribution in [0.4, 0.5) is 0 Å². The van der Waals surface area contributed by atoms with Crippen LogP contribution in [0.15, 0.2) is 24.3 Å². The fourth-order valence-corrected chi connectivity index (χ4v) is 3.12. The first kappa shape index (κ1) is 12.6. The molecule has 17 heavy (non-hydrogen) atoms. The third kappa shape index (κ3) is 2.69. The molecule has 0 saturated heterocycles. The molecule has 3 nitrogen and oxygen atoms in total. The summed E-state index contributed by atoms with van der Waals surface area (Å²) in [7, 11) is -3.19. The molecule has 1 N–H and O–H groups in total. The van der Waals surface area contributed by atoms with E-state index >= 15 is 0 Å². The number of hydrogen-bond donors (Lipinski definition) is 1.